The first-order valence-electron chi connectivity index (χ1n) is 11.0. The van der Waals surface area contributed by atoms with Crippen LogP contribution in [-0.4, -0.2) is 49.4 Å². The van der Waals surface area contributed by atoms with Gasteiger partial charge in [0.15, 0.2) is 5.11 Å². The van der Waals surface area contributed by atoms with Crippen LogP contribution in [0.4, 0.5) is 16.2 Å². The van der Waals surface area contributed by atoms with E-state index in [1.54, 1.807) is 31.2 Å². The molecule has 3 N–H and O–H groups in total. The molecule has 2 amide bonds. The summed E-state index contributed by atoms with van der Waals surface area (Å²) in [6.07, 6.45) is 0.934. The highest BCUT2D eigenvalue weighted by molar-refractivity contribution is 7.80. The van der Waals surface area contributed by atoms with E-state index in [1.807, 2.05) is 43.3 Å². The average molecular weight is 483 g/mol. The SMILES string of the molecule is CCc1ccc(NC(=O)Nc2cccc(C3NC(=S)N(C)C(C)=C3C(=O)OCCOC)c2)cc1. The van der Waals surface area contributed by atoms with Gasteiger partial charge >= 0.3 is 12.0 Å². The van der Waals surface area contributed by atoms with E-state index in [1.165, 1.54) is 5.56 Å². The Hall–Kier alpha value is -3.43. The standard InChI is InChI=1S/C25H30N4O4S/c1-5-17-9-11-19(12-10-17)26-24(31)27-20-8-6-7-18(15-20)22-21(23(30)33-14-13-32-4)16(2)29(3)25(34)28-22/h6-12,15,22H,5,13-14H2,1-4H3,(H,28,34)(H2,26,27,31). The van der Waals surface area contributed by atoms with Gasteiger partial charge in [0.2, 0.25) is 0 Å². The van der Waals surface area contributed by atoms with Crippen molar-refractivity contribution in [2.24, 2.45) is 0 Å². The summed E-state index contributed by atoms with van der Waals surface area (Å²) in [5.41, 5.74) is 4.39. The minimum atomic E-state index is -0.523. The summed E-state index contributed by atoms with van der Waals surface area (Å²) in [7, 11) is 3.34. The molecule has 0 spiro atoms. The van der Waals surface area contributed by atoms with Gasteiger partial charge in [-0.15, -0.1) is 0 Å². The summed E-state index contributed by atoms with van der Waals surface area (Å²) in [5, 5.41) is 9.37. The van der Waals surface area contributed by atoms with Gasteiger partial charge in [-0.25, -0.2) is 9.59 Å². The Balaban J connectivity index is 1.79. The van der Waals surface area contributed by atoms with Crippen LogP contribution in [0.2, 0.25) is 0 Å². The summed E-state index contributed by atoms with van der Waals surface area (Å²) in [6, 6.07) is 14.1. The first-order valence-corrected chi connectivity index (χ1v) is 11.4. The molecule has 9 heteroatoms. The normalized spacial score (nSPS) is 15.6. The molecule has 3 rings (SSSR count). The van der Waals surface area contributed by atoms with Gasteiger partial charge in [-0.05, 0) is 61.0 Å². The predicted molar refractivity (Wildman–Crippen MR) is 137 cm³/mol. The number of hydrogen-bond donors (Lipinski definition) is 3. The van der Waals surface area contributed by atoms with Crippen molar-refractivity contribution in [3.63, 3.8) is 0 Å². The van der Waals surface area contributed by atoms with Crippen molar-refractivity contribution < 1.29 is 19.1 Å². The number of methoxy groups -OCH3 is 1. The van der Waals surface area contributed by atoms with Crippen LogP contribution in [0.5, 0.6) is 0 Å². The summed E-state index contributed by atoms with van der Waals surface area (Å²) in [6.45, 7) is 4.36. The highest BCUT2D eigenvalue weighted by Gasteiger charge is 2.33. The van der Waals surface area contributed by atoms with Gasteiger partial charge in [-0.2, -0.15) is 0 Å². The number of nitrogens with zero attached hydrogens (tertiary/aromatic N) is 1. The van der Waals surface area contributed by atoms with Gasteiger partial charge in [-0.1, -0.05) is 31.2 Å². The number of carbonyl (C=O) groups is 2. The molecule has 0 bridgehead atoms. The molecule has 0 aromatic heterocycles. The van der Waals surface area contributed by atoms with Crippen molar-refractivity contribution in [2.45, 2.75) is 26.3 Å². The van der Waals surface area contributed by atoms with E-state index in [9.17, 15) is 9.59 Å². The number of esters is 1. The van der Waals surface area contributed by atoms with Crippen molar-refractivity contribution in [3.05, 3.63) is 70.9 Å². The molecule has 1 heterocycles. The maximum Gasteiger partial charge on any atom is 0.338 e. The van der Waals surface area contributed by atoms with Crippen molar-refractivity contribution in [1.82, 2.24) is 10.2 Å². The molecule has 0 radical (unpaired) electrons. The zero-order valence-corrected chi connectivity index (χ0v) is 20.6. The predicted octanol–water partition coefficient (Wildman–Crippen LogP) is 4.22. The third-order valence-corrected chi connectivity index (χ3v) is 5.98. The van der Waals surface area contributed by atoms with E-state index in [4.69, 9.17) is 21.7 Å². The lowest BCUT2D eigenvalue weighted by Crippen LogP contribution is -2.46. The topological polar surface area (TPSA) is 91.9 Å². The summed E-state index contributed by atoms with van der Waals surface area (Å²) >= 11 is 5.45. The maximum atomic E-state index is 12.9. The molecule has 2 aromatic rings. The van der Waals surface area contributed by atoms with Crippen molar-refractivity contribution >= 4 is 40.7 Å². The van der Waals surface area contributed by atoms with E-state index in [0.29, 0.717) is 34.4 Å². The highest BCUT2D eigenvalue weighted by Crippen LogP contribution is 2.32. The zero-order valence-electron chi connectivity index (χ0n) is 19.8. The summed E-state index contributed by atoms with van der Waals surface area (Å²) in [4.78, 5) is 27.2. The van der Waals surface area contributed by atoms with Crippen LogP contribution < -0.4 is 16.0 Å². The Labute approximate surface area is 205 Å². The van der Waals surface area contributed by atoms with Gasteiger partial charge in [0, 0.05) is 31.2 Å². The number of thiocarbonyl (C=S) groups is 1. The highest BCUT2D eigenvalue weighted by atomic mass is 32.1. The van der Waals surface area contributed by atoms with Crippen LogP contribution in [0.1, 0.15) is 31.0 Å². The Morgan fingerprint density at radius 1 is 1.09 bits per heavy atom. The average Bonchev–Trinajstić information content (AvgIpc) is 2.83. The Morgan fingerprint density at radius 3 is 2.47 bits per heavy atom. The van der Waals surface area contributed by atoms with Crippen LogP contribution in [0.3, 0.4) is 0 Å². The van der Waals surface area contributed by atoms with E-state index < -0.39 is 12.0 Å². The van der Waals surface area contributed by atoms with Crippen LogP contribution in [0.25, 0.3) is 0 Å². The third kappa shape index (κ3) is 6.12. The number of ether oxygens (including phenoxy) is 2. The third-order valence-electron chi connectivity index (χ3n) is 5.59. The molecule has 0 saturated heterocycles. The van der Waals surface area contributed by atoms with E-state index in [2.05, 4.69) is 22.9 Å². The number of urea groups is 1. The van der Waals surface area contributed by atoms with Crippen molar-refractivity contribution in [3.8, 4) is 0 Å². The molecular formula is C25H30N4O4S. The number of rotatable bonds is 8. The molecule has 0 saturated carbocycles. The second kappa shape index (κ2) is 11.6. The van der Waals surface area contributed by atoms with Gasteiger partial charge in [-0.3, -0.25) is 0 Å². The monoisotopic (exact) mass is 482 g/mol. The Kier molecular flexibility index (Phi) is 8.61. The largest absolute Gasteiger partial charge is 0.460 e. The zero-order chi connectivity index (χ0) is 24.7. The molecule has 1 atom stereocenters. The first kappa shape index (κ1) is 25.2. The molecule has 180 valence electrons. The molecule has 34 heavy (non-hydrogen) atoms. The van der Waals surface area contributed by atoms with Gasteiger partial charge in [0.05, 0.1) is 18.2 Å². The summed E-state index contributed by atoms with van der Waals surface area (Å²) < 4.78 is 10.4. The van der Waals surface area contributed by atoms with Crippen LogP contribution in [0.15, 0.2) is 59.8 Å². The Morgan fingerprint density at radius 2 is 1.79 bits per heavy atom. The van der Waals surface area contributed by atoms with E-state index in [-0.39, 0.29) is 12.6 Å². The van der Waals surface area contributed by atoms with E-state index >= 15 is 0 Å². The molecule has 2 aromatic carbocycles. The smallest absolute Gasteiger partial charge is 0.338 e. The number of benzene rings is 2. The first-order chi connectivity index (χ1) is 16.3. The number of amides is 2. The Bertz CT molecular complexity index is 1080. The summed E-state index contributed by atoms with van der Waals surface area (Å²) in [5.74, 6) is -0.451. The lowest BCUT2D eigenvalue weighted by Gasteiger charge is -2.35. The van der Waals surface area contributed by atoms with Crippen LogP contribution >= 0.6 is 12.2 Å². The second-order valence-electron chi connectivity index (χ2n) is 7.82. The fourth-order valence-corrected chi connectivity index (χ4v) is 3.81. The minimum Gasteiger partial charge on any atom is -0.460 e. The number of anilines is 2. The van der Waals surface area contributed by atoms with Crippen LogP contribution in [-0.2, 0) is 20.7 Å². The fraction of sp³-hybridized carbons (Fsp3) is 0.320. The van der Waals surface area contributed by atoms with Crippen molar-refractivity contribution in [1.29, 1.82) is 0 Å². The number of allylic oxidation sites excluding steroid dienone is 1. The number of nitrogens with one attached hydrogen (secondary N) is 3. The molecule has 0 fully saturated rings. The number of carbonyl (C=O) groups excluding carboxylic acids is 2. The van der Waals surface area contributed by atoms with Crippen LogP contribution in [0, 0.1) is 0 Å². The minimum absolute atomic E-state index is 0.147. The fourth-order valence-electron chi connectivity index (χ4n) is 3.56. The molecule has 8 nitrogen and oxygen atoms in total. The quantitative estimate of drug-likeness (QED) is 0.295. The molecule has 1 aliphatic rings. The number of aryl methyl sites for hydroxylation is 1. The molecule has 1 aliphatic heterocycles. The molecule has 0 aliphatic carbocycles. The molecule has 1 unspecified atom stereocenters. The van der Waals surface area contributed by atoms with Crippen molar-refractivity contribution in [2.75, 3.05) is 38.0 Å². The lowest BCUT2D eigenvalue weighted by atomic mass is 9.95. The lowest BCUT2D eigenvalue weighted by molar-refractivity contribution is -0.140. The molecular weight excluding hydrogens is 452 g/mol. The van der Waals surface area contributed by atoms with Gasteiger partial charge in [0.25, 0.3) is 0 Å². The van der Waals surface area contributed by atoms with E-state index in [0.717, 1.165) is 12.0 Å². The van der Waals surface area contributed by atoms with Gasteiger partial charge < -0.3 is 30.3 Å². The second-order valence-corrected chi connectivity index (χ2v) is 8.21. The number of hydrogen-bond acceptors (Lipinski definition) is 5. The maximum absolute atomic E-state index is 12.9. The van der Waals surface area contributed by atoms with Gasteiger partial charge in [0.1, 0.15) is 6.61 Å².